The normalized spacial score (nSPS) is 22.2. The first-order valence-corrected chi connectivity index (χ1v) is 12.1. The summed E-state index contributed by atoms with van der Waals surface area (Å²) in [4.78, 5) is 37.4. The van der Waals surface area contributed by atoms with E-state index < -0.39 is 0 Å². The molecule has 162 valence electrons. The summed E-state index contributed by atoms with van der Waals surface area (Å²) in [6.07, 6.45) is 5.41. The van der Waals surface area contributed by atoms with Crippen LogP contribution in [0.5, 0.6) is 0 Å². The number of carbonyl (C=O) groups excluding carboxylic acids is 2. The van der Waals surface area contributed by atoms with Gasteiger partial charge in [-0.1, -0.05) is 25.0 Å². The highest BCUT2D eigenvalue weighted by Gasteiger charge is 2.46. The van der Waals surface area contributed by atoms with Crippen molar-refractivity contribution in [1.29, 1.82) is 0 Å². The number of nitrogens with one attached hydrogen (secondary N) is 2. The first kappa shape index (κ1) is 20.2. The van der Waals surface area contributed by atoms with E-state index in [1.807, 2.05) is 48.2 Å². The Balaban J connectivity index is 1.19. The molecule has 3 heterocycles. The van der Waals surface area contributed by atoms with Crippen LogP contribution in [0.1, 0.15) is 71.4 Å². The lowest BCUT2D eigenvalue weighted by Crippen LogP contribution is -2.31. The number of likely N-dealkylation sites (tertiary alicyclic amines) is 1. The molecular weight excluding hydrogens is 408 g/mol. The van der Waals surface area contributed by atoms with Gasteiger partial charge in [0.05, 0.1) is 22.0 Å². The van der Waals surface area contributed by atoms with Crippen LogP contribution in [0.3, 0.4) is 0 Å². The molecule has 0 unspecified atom stereocenters. The molecule has 5 rings (SSSR count). The number of aromatic amines is 1. The molecule has 2 aliphatic rings. The van der Waals surface area contributed by atoms with Crippen molar-refractivity contribution in [2.45, 2.75) is 51.0 Å². The highest BCUT2D eigenvalue weighted by atomic mass is 32.1. The number of hydrogen-bond acceptors (Lipinski definition) is 4. The summed E-state index contributed by atoms with van der Waals surface area (Å²) >= 11 is 1.50. The van der Waals surface area contributed by atoms with Crippen LogP contribution in [-0.2, 0) is 4.79 Å². The van der Waals surface area contributed by atoms with E-state index in [1.54, 1.807) is 0 Å². The van der Waals surface area contributed by atoms with Crippen LogP contribution in [0.4, 0.5) is 0 Å². The summed E-state index contributed by atoms with van der Waals surface area (Å²) < 4.78 is 0. The molecule has 6 nitrogen and oxygen atoms in total. The summed E-state index contributed by atoms with van der Waals surface area (Å²) in [6, 6.07) is 11.7. The number of rotatable bonds is 5. The van der Waals surface area contributed by atoms with E-state index in [1.165, 1.54) is 24.2 Å². The standard InChI is InChI=1S/C24H28N4O2S/c1-15(20-10-11-21(31-20)24(30)28-12-6-2-3-7-13-28)25-23(29)17-14-16(17)22-26-18-8-4-5-9-19(18)27-22/h4-5,8-11,15-17H,2-3,6-7,12-14H2,1H3,(H,25,29)(H,26,27)/t15-,16-,17-/m1/s1. The van der Waals surface area contributed by atoms with Crippen molar-refractivity contribution in [3.63, 3.8) is 0 Å². The molecule has 1 aromatic carbocycles. The highest BCUT2D eigenvalue weighted by Crippen LogP contribution is 2.47. The Labute approximate surface area is 186 Å². The van der Waals surface area contributed by atoms with Crippen molar-refractivity contribution in [2.24, 2.45) is 5.92 Å². The quantitative estimate of drug-likeness (QED) is 0.612. The van der Waals surface area contributed by atoms with Crippen molar-refractivity contribution in [1.82, 2.24) is 20.2 Å². The molecule has 3 atom stereocenters. The SMILES string of the molecule is C[C@@H](NC(=O)[C@@H]1C[C@H]1c1nc2ccccc2[nH]1)c1ccc(C(=O)N2CCCCCC2)s1. The molecule has 2 N–H and O–H groups in total. The van der Waals surface area contributed by atoms with E-state index >= 15 is 0 Å². The van der Waals surface area contributed by atoms with E-state index in [9.17, 15) is 9.59 Å². The summed E-state index contributed by atoms with van der Waals surface area (Å²) in [5.41, 5.74) is 1.95. The fraction of sp³-hybridized carbons (Fsp3) is 0.458. The number of thiophene rings is 1. The van der Waals surface area contributed by atoms with Gasteiger partial charge in [-0.2, -0.15) is 0 Å². The molecule has 2 aromatic heterocycles. The molecule has 2 fully saturated rings. The zero-order valence-corrected chi connectivity index (χ0v) is 18.6. The fourth-order valence-electron chi connectivity index (χ4n) is 4.46. The van der Waals surface area contributed by atoms with Gasteiger partial charge in [0.25, 0.3) is 5.91 Å². The van der Waals surface area contributed by atoms with Crippen LogP contribution in [-0.4, -0.2) is 39.8 Å². The van der Waals surface area contributed by atoms with Crippen LogP contribution in [0.15, 0.2) is 36.4 Å². The smallest absolute Gasteiger partial charge is 0.263 e. The average Bonchev–Trinajstić information content (AvgIpc) is 3.34. The largest absolute Gasteiger partial charge is 0.349 e. The minimum atomic E-state index is -0.111. The van der Waals surface area contributed by atoms with E-state index in [0.717, 1.165) is 59.0 Å². The maximum atomic E-state index is 12.8. The van der Waals surface area contributed by atoms with Crippen molar-refractivity contribution >= 4 is 34.2 Å². The molecule has 0 spiro atoms. The number of para-hydroxylation sites is 2. The second-order valence-electron chi connectivity index (χ2n) is 8.73. The summed E-state index contributed by atoms with van der Waals surface area (Å²) in [5, 5.41) is 3.14. The maximum Gasteiger partial charge on any atom is 0.263 e. The molecule has 31 heavy (non-hydrogen) atoms. The van der Waals surface area contributed by atoms with E-state index in [4.69, 9.17) is 0 Å². The predicted molar refractivity (Wildman–Crippen MR) is 122 cm³/mol. The number of benzene rings is 1. The number of hydrogen-bond donors (Lipinski definition) is 2. The third-order valence-corrected chi connectivity index (χ3v) is 7.66. The van der Waals surface area contributed by atoms with Gasteiger partial charge in [-0.05, 0) is 50.5 Å². The number of imidazole rings is 1. The molecule has 1 saturated carbocycles. The van der Waals surface area contributed by atoms with Gasteiger partial charge in [-0.15, -0.1) is 11.3 Å². The first-order chi connectivity index (χ1) is 15.1. The third-order valence-electron chi connectivity index (χ3n) is 6.40. The van der Waals surface area contributed by atoms with Gasteiger partial charge in [0.1, 0.15) is 5.82 Å². The second-order valence-corrected chi connectivity index (χ2v) is 9.84. The Morgan fingerprint density at radius 2 is 1.90 bits per heavy atom. The van der Waals surface area contributed by atoms with Gasteiger partial charge in [-0.3, -0.25) is 9.59 Å². The molecule has 2 amide bonds. The number of amides is 2. The topological polar surface area (TPSA) is 78.1 Å². The van der Waals surface area contributed by atoms with E-state index in [0.29, 0.717) is 0 Å². The molecular formula is C24H28N4O2S. The molecule has 1 saturated heterocycles. The van der Waals surface area contributed by atoms with Gasteiger partial charge in [0.15, 0.2) is 0 Å². The number of aromatic nitrogens is 2. The second kappa shape index (κ2) is 8.46. The number of fused-ring (bicyclic) bond motifs is 1. The first-order valence-electron chi connectivity index (χ1n) is 11.2. The van der Waals surface area contributed by atoms with Crippen molar-refractivity contribution in [3.05, 3.63) is 52.0 Å². The highest BCUT2D eigenvalue weighted by molar-refractivity contribution is 7.14. The minimum absolute atomic E-state index is 0.0406. The van der Waals surface area contributed by atoms with Gasteiger partial charge in [0.2, 0.25) is 5.91 Å². The average molecular weight is 437 g/mol. The molecule has 0 radical (unpaired) electrons. The van der Waals surface area contributed by atoms with Crippen LogP contribution in [0.2, 0.25) is 0 Å². The van der Waals surface area contributed by atoms with Crippen LogP contribution in [0.25, 0.3) is 11.0 Å². The monoisotopic (exact) mass is 436 g/mol. The van der Waals surface area contributed by atoms with Crippen LogP contribution < -0.4 is 5.32 Å². The van der Waals surface area contributed by atoms with Gasteiger partial charge in [0, 0.05) is 29.8 Å². The molecule has 0 bridgehead atoms. The molecule has 1 aliphatic carbocycles. The van der Waals surface area contributed by atoms with Gasteiger partial charge >= 0.3 is 0 Å². The lowest BCUT2D eigenvalue weighted by Gasteiger charge is -2.19. The summed E-state index contributed by atoms with van der Waals surface area (Å²) in [5.74, 6) is 1.20. The Kier molecular flexibility index (Phi) is 5.52. The molecule has 3 aromatic rings. The van der Waals surface area contributed by atoms with Crippen molar-refractivity contribution in [2.75, 3.05) is 13.1 Å². The number of H-pyrrole nitrogens is 1. The third kappa shape index (κ3) is 4.24. The minimum Gasteiger partial charge on any atom is -0.349 e. The summed E-state index contributed by atoms with van der Waals surface area (Å²) in [7, 11) is 0. The Hall–Kier alpha value is -2.67. The summed E-state index contributed by atoms with van der Waals surface area (Å²) in [6.45, 7) is 3.69. The Morgan fingerprint density at radius 1 is 1.13 bits per heavy atom. The zero-order valence-electron chi connectivity index (χ0n) is 17.8. The number of carbonyl (C=O) groups is 2. The van der Waals surface area contributed by atoms with Crippen LogP contribution >= 0.6 is 11.3 Å². The Bertz CT molecular complexity index is 1060. The fourth-order valence-corrected chi connectivity index (χ4v) is 5.43. The van der Waals surface area contributed by atoms with Gasteiger partial charge in [-0.25, -0.2) is 4.98 Å². The van der Waals surface area contributed by atoms with Crippen molar-refractivity contribution in [3.8, 4) is 0 Å². The Morgan fingerprint density at radius 3 is 2.68 bits per heavy atom. The predicted octanol–water partition coefficient (Wildman–Crippen LogP) is 4.62. The van der Waals surface area contributed by atoms with Crippen LogP contribution in [0, 0.1) is 5.92 Å². The molecule has 7 heteroatoms. The maximum absolute atomic E-state index is 12.8. The lowest BCUT2D eigenvalue weighted by molar-refractivity contribution is -0.123. The van der Waals surface area contributed by atoms with E-state index in [2.05, 4.69) is 15.3 Å². The lowest BCUT2D eigenvalue weighted by atomic mass is 10.2. The zero-order chi connectivity index (χ0) is 21.4. The number of nitrogens with zero attached hydrogens (tertiary/aromatic N) is 2. The van der Waals surface area contributed by atoms with E-state index in [-0.39, 0.29) is 29.7 Å². The van der Waals surface area contributed by atoms with Crippen molar-refractivity contribution < 1.29 is 9.59 Å². The molecule has 1 aliphatic heterocycles. The van der Waals surface area contributed by atoms with Gasteiger partial charge < -0.3 is 15.2 Å².